The van der Waals surface area contributed by atoms with Gasteiger partial charge in [-0.1, -0.05) is 6.07 Å². The van der Waals surface area contributed by atoms with Gasteiger partial charge in [0.2, 0.25) is 0 Å². The molecular weight excluding hydrogens is 404 g/mol. The van der Waals surface area contributed by atoms with Crippen molar-refractivity contribution in [2.75, 3.05) is 11.9 Å². The van der Waals surface area contributed by atoms with E-state index in [9.17, 15) is 19.5 Å². The summed E-state index contributed by atoms with van der Waals surface area (Å²) in [7, 11) is 0. The molecule has 0 bridgehead atoms. The van der Waals surface area contributed by atoms with E-state index < -0.39 is 12.0 Å². The van der Waals surface area contributed by atoms with Gasteiger partial charge in [-0.15, -0.1) is 0 Å². The molecule has 0 saturated heterocycles. The molecule has 0 spiro atoms. The summed E-state index contributed by atoms with van der Waals surface area (Å²) < 4.78 is 10.8. The third-order valence-corrected chi connectivity index (χ3v) is 4.89. The molecule has 2 aromatic rings. The number of hydrogen-bond donors (Lipinski definition) is 4. The molecule has 1 saturated carbocycles. The molecule has 2 amide bonds. The number of benzene rings is 1. The Hall–Kier alpha value is -3.56. The first-order valence-electron chi connectivity index (χ1n) is 10.1. The number of phenolic OH excluding ortho intramolecular Hbond substituents is 1. The average Bonchev–Trinajstić information content (AvgIpc) is 3.35. The third kappa shape index (κ3) is 5.97. The number of anilines is 1. The van der Waals surface area contributed by atoms with Crippen LogP contribution in [-0.2, 0) is 9.53 Å². The van der Waals surface area contributed by atoms with Crippen molar-refractivity contribution >= 4 is 24.1 Å². The second-order valence-corrected chi connectivity index (χ2v) is 7.69. The molecule has 31 heavy (non-hydrogen) atoms. The van der Waals surface area contributed by atoms with E-state index in [0.29, 0.717) is 18.5 Å². The van der Waals surface area contributed by atoms with Crippen molar-refractivity contribution in [2.24, 2.45) is 0 Å². The molecule has 0 radical (unpaired) electrons. The number of alkyl carbamates (subject to hydrolysis) is 1. The summed E-state index contributed by atoms with van der Waals surface area (Å²) >= 11 is 0. The molecule has 1 heterocycles. The van der Waals surface area contributed by atoms with Gasteiger partial charge in [0.15, 0.2) is 18.7 Å². The van der Waals surface area contributed by atoms with Gasteiger partial charge in [0, 0.05) is 23.7 Å². The fourth-order valence-corrected chi connectivity index (χ4v) is 3.46. The summed E-state index contributed by atoms with van der Waals surface area (Å²) in [6, 6.07) is 6.12. The lowest BCUT2D eigenvalue weighted by Crippen LogP contribution is -2.33. The molecule has 0 unspecified atom stereocenters. The van der Waals surface area contributed by atoms with Crippen LogP contribution in [0.2, 0.25) is 0 Å². The van der Waals surface area contributed by atoms with E-state index in [1.807, 2.05) is 13.8 Å². The first kappa shape index (κ1) is 22.1. The van der Waals surface area contributed by atoms with Crippen LogP contribution < -0.4 is 15.4 Å². The summed E-state index contributed by atoms with van der Waals surface area (Å²) in [5.41, 5.74) is 0.834. The quantitative estimate of drug-likeness (QED) is 0.472. The predicted octanol–water partition coefficient (Wildman–Crippen LogP) is 2.72. The van der Waals surface area contributed by atoms with Crippen molar-refractivity contribution in [2.45, 2.75) is 51.2 Å². The topological polar surface area (TPSA) is 143 Å². The number of H-pyrrole nitrogens is 1. The van der Waals surface area contributed by atoms with Crippen LogP contribution >= 0.6 is 0 Å². The number of aromatic nitrogens is 2. The second-order valence-electron chi connectivity index (χ2n) is 7.69. The van der Waals surface area contributed by atoms with Gasteiger partial charge in [-0.05, 0) is 45.2 Å². The van der Waals surface area contributed by atoms with Crippen LogP contribution in [0.4, 0.5) is 10.6 Å². The van der Waals surface area contributed by atoms with Gasteiger partial charge in [0.1, 0.15) is 17.6 Å². The number of hydrogen-bond acceptors (Lipinski definition) is 7. The van der Waals surface area contributed by atoms with E-state index in [0.717, 1.165) is 18.5 Å². The van der Waals surface area contributed by atoms with Crippen LogP contribution in [0, 0.1) is 0 Å². The maximum Gasteiger partial charge on any atom is 0.407 e. The zero-order chi connectivity index (χ0) is 22.4. The number of amides is 2. The molecule has 1 fully saturated rings. The lowest BCUT2D eigenvalue weighted by molar-refractivity contribution is -0.118. The van der Waals surface area contributed by atoms with Crippen molar-refractivity contribution in [3.63, 3.8) is 0 Å². The van der Waals surface area contributed by atoms with Crippen LogP contribution in [0.25, 0.3) is 0 Å². The zero-order valence-corrected chi connectivity index (χ0v) is 17.4. The first-order chi connectivity index (χ1) is 14.9. The molecule has 10 nitrogen and oxygen atoms in total. The lowest BCUT2D eigenvalue weighted by atomic mass is 10.0. The molecule has 4 N–H and O–H groups in total. The van der Waals surface area contributed by atoms with Gasteiger partial charge in [-0.25, -0.2) is 4.79 Å². The normalized spacial score (nSPS) is 17.9. The van der Waals surface area contributed by atoms with Gasteiger partial charge >= 0.3 is 6.09 Å². The van der Waals surface area contributed by atoms with Gasteiger partial charge in [-0.2, -0.15) is 5.10 Å². The number of carbonyl (C=O) groups is 3. The number of ether oxygens (including phenoxy) is 2. The smallest absolute Gasteiger partial charge is 0.407 e. The Morgan fingerprint density at radius 3 is 2.90 bits per heavy atom. The second kappa shape index (κ2) is 9.96. The van der Waals surface area contributed by atoms with Crippen molar-refractivity contribution < 1.29 is 29.0 Å². The number of nitrogens with one attached hydrogen (secondary N) is 3. The number of aromatic amines is 1. The monoisotopic (exact) mass is 430 g/mol. The summed E-state index contributed by atoms with van der Waals surface area (Å²) in [5, 5.41) is 22.0. The highest BCUT2D eigenvalue weighted by molar-refractivity contribution is 5.91. The summed E-state index contributed by atoms with van der Waals surface area (Å²) in [5.74, 6) is -0.0706. The molecule has 3 rings (SSSR count). The minimum Gasteiger partial charge on any atom is -0.507 e. The third-order valence-electron chi connectivity index (χ3n) is 4.89. The number of nitrogens with zero attached hydrogens (tertiary/aromatic N) is 1. The lowest BCUT2D eigenvalue weighted by Gasteiger charge is -2.14. The Labute approximate surface area is 179 Å². The van der Waals surface area contributed by atoms with Crippen LogP contribution in [-0.4, -0.2) is 52.3 Å². The first-order valence-corrected chi connectivity index (χ1v) is 10.1. The highest BCUT2D eigenvalue weighted by Gasteiger charge is 2.30. The number of rotatable bonds is 8. The van der Waals surface area contributed by atoms with E-state index in [1.165, 1.54) is 18.2 Å². The average molecular weight is 430 g/mol. The number of aldehydes is 1. The molecule has 1 aliphatic rings. The molecule has 2 atom stereocenters. The molecule has 1 aromatic heterocycles. The predicted molar refractivity (Wildman–Crippen MR) is 111 cm³/mol. The van der Waals surface area contributed by atoms with E-state index in [1.54, 1.807) is 6.07 Å². The Morgan fingerprint density at radius 1 is 1.35 bits per heavy atom. The molecular formula is C21H26N4O6. The van der Waals surface area contributed by atoms with Crippen LogP contribution in [0.1, 0.15) is 55.1 Å². The fourth-order valence-electron chi connectivity index (χ4n) is 3.46. The van der Waals surface area contributed by atoms with Crippen molar-refractivity contribution in [1.29, 1.82) is 0 Å². The highest BCUT2D eigenvalue weighted by Crippen LogP contribution is 2.35. The molecule has 0 aliphatic heterocycles. The molecule has 1 aliphatic carbocycles. The summed E-state index contributed by atoms with van der Waals surface area (Å²) in [4.78, 5) is 35.0. The van der Waals surface area contributed by atoms with Gasteiger partial charge in [0.25, 0.3) is 5.91 Å². The maximum atomic E-state index is 12.2. The maximum absolute atomic E-state index is 12.2. The van der Waals surface area contributed by atoms with Crippen molar-refractivity contribution in [1.82, 2.24) is 15.5 Å². The van der Waals surface area contributed by atoms with Gasteiger partial charge in [-0.3, -0.25) is 14.7 Å². The largest absolute Gasteiger partial charge is 0.507 e. The zero-order valence-electron chi connectivity index (χ0n) is 17.4. The Morgan fingerprint density at radius 2 is 2.16 bits per heavy atom. The van der Waals surface area contributed by atoms with Gasteiger partial charge in [0.05, 0.1) is 5.56 Å². The highest BCUT2D eigenvalue weighted by atomic mass is 16.6. The van der Waals surface area contributed by atoms with Gasteiger partial charge < -0.3 is 25.2 Å². The standard InChI is InChI=1S/C21H26N4O6/c1-12(2)22-21(29)31-14-7-6-13(8-14)16-9-19(25-24-16)23-20(28)11-30-18-5-3-4-17(27)15(18)10-26/h3-5,9-10,12-14,27H,6-8,11H2,1-2H3,(H,22,29)(H2,23,24,25,28)/t13-,14+/m0/s1. The number of carbonyl (C=O) groups excluding carboxylic acids is 3. The Kier molecular flexibility index (Phi) is 7.11. The Bertz CT molecular complexity index is 942. The van der Waals surface area contributed by atoms with Crippen LogP contribution in [0.5, 0.6) is 11.5 Å². The van der Waals surface area contributed by atoms with E-state index >= 15 is 0 Å². The fraction of sp³-hybridized carbons (Fsp3) is 0.429. The van der Waals surface area contributed by atoms with Crippen LogP contribution in [0.15, 0.2) is 24.3 Å². The Balaban J connectivity index is 1.49. The molecule has 10 heteroatoms. The molecule has 1 aromatic carbocycles. The SMILES string of the molecule is CC(C)NC(=O)O[C@@H]1CC[C@H](c2cc(NC(=O)COc3cccc(O)c3C=O)n[nH]2)C1. The van der Waals surface area contributed by atoms with Crippen molar-refractivity contribution in [3.8, 4) is 11.5 Å². The molecule has 166 valence electrons. The number of aromatic hydroxyl groups is 1. The summed E-state index contributed by atoms with van der Waals surface area (Å²) in [6.07, 6.45) is 2.16. The minimum atomic E-state index is -0.462. The van der Waals surface area contributed by atoms with E-state index in [4.69, 9.17) is 9.47 Å². The van der Waals surface area contributed by atoms with Crippen molar-refractivity contribution in [3.05, 3.63) is 35.5 Å². The van der Waals surface area contributed by atoms with E-state index in [-0.39, 0.29) is 41.7 Å². The minimum absolute atomic E-state index is 0.0163. The van der Waals surface area contributed by atoms with E-state index in [2.05, 4.69) is 20.8 Å². The van der Waals surface area contributed by atoms with Crippen LogP contribution in [0.3, 0.4) is 0 Å². The number of phenols is 1. The summed E-state index contributed by atoms with van der Waals surface area (Å²) in [6.45, 7) is 3.39.